The van der Waals surface area contributed by atoms with Crippen LogP contribution in [0.25, 0.3) is 10.9 Å². The van der Waals surface area contributed by atoms with Gasteiger partial charge >= 0.3 is 6.18 Å². The molecule has 1 atom stereocenters. The summed E-state index contributed by atoms with van der Waals surface area (Å²) in [6, 6.07) is 12.4. The van der Waals surface area contributed by atoms with Crippen LogP contribution >= 0.6 is 12.2 Å². The summed E-state index contributed by atoms with van der Waals surface area (Å²) in [6.07, 6.45) is 8.30. The molecule has 0 bridgehead atoms. The number of carbonyl (C=O) groups is 4. The molecule has 64 heavy (non-hydrogen) atoms. The van der Waals surface area contributed by atoms with Crippen LogP contribution in [0, 0.1) is 11.3 Å². The first-order valence-corrected chi connectivity index (χ1v) is 22.7. The molecule has 9 rings (SSSR count). The van der Waals surface area contributed by atoms with Gasteiger partial charge in [-0.05, 0) is 139 Å². The predicted molar refractivity (Wildman–Crippen MR) is 238 cm³/mol. The number of amides is 4. The number of imide groups is 2. The summed E-state index contributed by atoms with van der Waals surface area (Å²) in [5.41, 5.74) is 0.844. The van der Waals surface area contributed by atoms with Crippen LogP contribution in [-0.4, -0.2) is 90.0 Å². The lowest BCUT2D eigenvalue weighted by molar-refractivity contribution is -0.141. The Morgan fingerprint density at radius 1 is 0.953 bits per heavy atom. The maximum atomic E-state index is 13.6. The zero-order valence-electron chi connectivity index (χ0n) is 36.1. The van der Waals surface area contributed by atoms with Gasteiger partial charge in [0.05, 0.1) is 34.0 Å². The number of alkyl halides is 3. The molecule has 2 aliphatic heterocycles. The number of nitrogens with zero attached hydrogens (tertiary/aromatic N) is 5. The molecule has 3 saturated carbocycles. The van der Waals surface area contributed by atoms with Crippen LogP contribution in [0.3, 0.4) is 0 Å². The summed E-state index contributed by atoms with van der Waals surface area (Å²) in [7, 11) is 2.26. The maximum absolute atomic E-state index is 13.6. The molecule has 1 spiro atoms. The molecule has 1 saturated heterocycles. The quantitative estimate of drug-likeness (QED) is 0.0911. The van der Waals surface area contributed by atoms with Crippen LogP contribution in [-0.2, 0) is 21.4 Å². The fraction of sp³-hybridized carbons (Fsp3) is 0.511. The van der Waals surface area contributed by atoms with Crippen molar-refractivity contribution in [1.29, 1.82) is 0 Å². The van der Waals surface area contributed by atoms with Gasteiger partial charge in [0.2, 0.25) is 11.8 Å². The van der Waals surface area contributed by atoms with Crippen molar-refractivity contribution in [1.82, 2.24) is 29.9 Å². The predicted octanol–water partition coefficient (Wildman–Crippen LogP) is 7.73. The van der Waals surface area contributed by atoms with Crippen molar-refractivity contribution >= 4 is 63.1 Å². The van der Waals surface area contributed by atoms with Crippen LogP contribution in [0.5, 0.6) is 0 Å². The molecule has 2 aromatic heterocycles. The molecule has 338 valence electrons. The zero-order valence-corrected chi connectivity index (χ0v) is 37.0. The van der Waals surface area contributed by atoms with Crippen LogP contribution < -0.4 is 16.0 Å². The first-order chi connectivity index (χ1) is 30.4. The minimum absolute atomic E-state index is 0.0128. The molecule has 5 aliphatic rings. The fourth-order valence-corrected chi connectivity index (χ4v) is 11.2. The SMILES string of the molecule is CN(CC1CCC(n2cc3cc(NC(=S)c4cccc(C(F)(F)F)n4)c(C(C)(C)O)cc3n2)CC1)C1CCC2(CC1)CC(Nc1cccc3c1C(=O)N(C1CCC(=O)NC1=O)C3=O)C2. The van der Waals surface area contributed by atoms with E-state index >= 15 is 0 Å². The standard InChI is InChI=1S/C47H53F3N8O5S/c1-45(2,63)32-21-35-27(20-36(32)53-42(64)34-8-5-9-38(52-34)47(48,49)50)25-57(55-35)30-12-10-26(11-13-30)24-56(3)29-16-18-46(19-17-29)22-28(23-46)51-33-7-4-6-31-40(33)44(62)58(43(31)61)37-14-15-39(59)54-41(37)60/h4-9,20-21,25-26,28-30,37,51,63H,10-19,22-24H2,1-3H3,(H,53,64)(H,54,59,60). The van der Waals surface area contributed by atoms with Gasteiger partial charge in [0, 0.05) is 53.6 Å². The highest BCUT2D eigenvalue weighted by atomic mass is 32.1. The topological polar surface area (TPSA) is 162 Å². The van der Waals surface area contributed by atoms with Gasteiger partial charge in [0.15, 0.2) is 0 Å². The number of rotatable bonds is 10. The molecule has 4 aromatic rings. The molecular formula is C47H53F3N8O5S. The van der Waals surface area contributed by atoms with Crippen molar-refractivity contribution in [2.45, 2.75) is 127 Å². The molecule has 3 aliphatic carbocycles. The molecule has 0 radical (unpaired) electrons. The van der Waals surface area contributed by atoms with Crippen LogP contribution in [0.2, 0.25) is 0 Å². The Bertz CT molecular complexity index is 2530. The van der Waals surface area contributed by atoms with Gasteiger partial charge in [-0.3, -0.25) is 34.1 Å². The van der Waals surface area contributed by atoms with Gasteiger partial charge in [-0.15, -0.1) is 0 Å². The highest BCUT2D eigenvalue weighted by Gasteiger charge is 2.49. The minimum Gasteiger partial charge on any atom is -0.386 e. The van der Waals surface area contributed by atoms with E-state index in [1.807, 2.05) is 29.1 Å². The van der Waals surface area contributed by atoms with E-state index in [2.05, 4.69) is 32.9 Å². The summed E-state index contributed by atoms with van der Waals surface area (Å²) < 4.78 is 42.1. The Kier molecular flexibility index (Phi) is 11.4. The normalized spacial score (nSPS) is 26.3. The molecule has 13 nitrogen and oxygen atoms in total. The van der Waals surface area contributed by atoms with E-state index in [0.717, 1.165) is 87.1 Å². The molecular weight excluding hydrogens is 846 g/mol. The number of hydrogen-bond donors (Lipinski definition) is 4. The molecule has 1 unspecified atom stereocenters. The second kappa shape index (κ2) is 16.6. The highest BCUT2D eigenvalue weighted by molar-refractivity contribution is 7.81. The van der Waals surface area contributed by atoms with Gasteiger partial charge < -0.3 is 20.6 Å². The van der Waals surface area contributed by atoms with Gasteiger partial charge in [0.25, 0.3) is 11.8 Å². The van der Waals surface area contributed by atoms with E-state index in [4.69, 9.17) is 17.3 Å². The van der Waals surface area contributed by atoms with E-state index in [-0.39, 0.29) is 46.6 Å². The first-order valence-electron chi connectivity index (χ1n) is 22.3. The van der Waals surface area contributed by atoms with Gasteiger partial charge in [-0.25, -0.2) is 4.98 Å². The van der Waals surface area contributed by atoms with Crippen molar-refractivity contribution in [2.24, 2.45) is 11.3 Å². The average molecular weight is 899 g/mol. The van der Waals surface area contributed by atoms with Gasteiger partial charge in [0.1, 0.15) is 16.7 Å². The van der Waals surface area contributed by atoms with Crippen molar-refractivity contribution in [3.63, 3.8) is 0 Å². The molecule has 4 heterocycles. The highest BCUT2D eigenvalue weighted by Crippen LogP contribution is 2.53. The van der Waals surface area contributed by atoms with E-state index < -0.39 is 47.1 Å². The molecule has 4 fully saturated rings. The lowest BCUT2D eigenvalue weighted by atomic mass is 9.57. The Hall–Kier alpha value is -5.26. The van der Waals surface area contributed by atoms with Gasteiger partial charge in [-0.2, -0.15) is 18.3 Å². The number of halogens is 3. The fourth-order valence-electron chi connectivity index (χ4n) is 10.9. The third-order valence-electron chi connectivity index (χ3n) is 14.4. The number of anilines is 2. The van der Waals surface area contributed by atoms with Crippen molar-refractivity contribution < 1.29 is 37.5 Å². The summed E-state index contributed by atoms with van der Waals surface area (Å²) >= 11 is 5.48. The van der Waals surface area contributed by atoms with Crippen molar-refractivity contribution in [2.75, 3.05) is 24.2 Å². The monoisotopic (exact) mass is 898 g/mol. The number of fused-ring (bicyclic) bond motifs is 2. The lowest BCUT2D eigenvalue weighted by Crippen LogP contribution is -2.54. The van der Waals surface area contributed by atoms with E-state index in [1.54, 1.807) is 26.0 Å². The van der Waals surface area contributed by atoms with E-state index in [0.29, 0.717) is 40.0 Å². The second-order valence-corrected chi connectivity index (χ2v) is 19.7. The third-order valence-corrected chi connectivity index (χ3v) is 14.7. The third kappa shape index (κ3) is 8.53. The average Bonchev–Trinajstić information content (AvgIpc) is 3.77. The molecule has 4 amide bonds. The number of pyridine rings is 1. The summed E-state index contributed by atoms with van der Waals surface area (Å²) in [4.78, 5) is 58.5. The van der Waals surface area contributed by atoms with Crippen molar-refractivity contribution in [3.8, 4) is 0 Å². The number of hydrogen-bond acceptors (Lipinski definition) is 10. The van der Waals surface area contributed by atoms with Crippen molar-refractivity contribution in [3.05, 3.63) is 82.8 Å². The van der Waals surface area contributed by atoms with Crippen LogP contribution in [0.1, 0.15) is 135 Å². The molecule has 17 heteroatoms. The minimum atomic E-state index is -4.61. The first kappa shape index (κ1) is 44.0. The number of nitrogens with one attached hydrogen (secondary N) is 3. The number of aliphatic hydroxyl groups is 1. The Labute approximate surface area is 374 Å². The van der Waals surface area contributed by atoms with Crippen LogP contribution in [0.4, 0.5) is 24.5 Å². The van der Waals surface area contributed by atoms with Gasteiger partial charge in [-0.1, -0.05) is 24.4 Å². The summed E-state index contributed by atoms with van der Waals surface area (Å²) in [5, 5.41) is 25.7. The van der Waals surface area contributed by atoms with Crippen LogP contribution in [0.15, 0.2) is 54.7 Å². The Morgan fingerprint density at radius 3 is 2.36 bits per heavy atom. The number of thiocarbonyl (C=S) groups is 1. The number of carbonyl (C=O) groups excluding carboxylic acids is 4. The summed E-state index contributed by atoms with van der Waals surface area (Å²) in [6.45, 7) is 4.33. The lowest BCUT2D eigenvalue weighted by Gasteiger charge is -2.53. The van der Waals surface area contributed by atoms with E-state index in [1.165, 1.54) is 12.1 Å². The zero-order chi connectivity index (χ0) is 45.3. The maximum Gasteiger partial charge on any atom is 0.433 e. The number of aromatic nitrogens is 3. The summed E-state index contributed by atoms with van der Waals surface area (Å²) in [5.74, 6) is -1.43. The van der Waals surface area contributed by atoms with E-state index in [9.17, 15) is 37.5 Å². The number of benzene rings is 2. The Morgan fingerprint density at radius 2 is 1.67 bits per heavy atom. The second-order valence-electron chi connectivity index (χ2n) is 19.3. The largest absolute Gasteiger partial charge is 0.433 e. The molecule has 2 aromatic carbocycles. The molecule has 4 N–H and O–H groups in total. The number of piperidine rings is 1. The Balaban J connectivity index is 0.759. The smallest absolute Gasteiger partial charge is 0.386 e.